The monoisotopic (exact) mass is 497 g/mol. The van der Waals surface area contributed by atoms with Gasteiger partial charge in [0, 0.05) is 35.6 Å². The second-order valence-electron chi connectivity index (χ2n) is 7.89. The molecule has 3 heterocycles. The largest absolute Gasteiger partial charge is 0.493 e. The van der Waals surface area contributed by atoms with Crippen molar-refractivity contribution in [1.82, 2.24) is 14.5 Å². The minimum absolute atomic E-state index is 0.127. The van der Waals surface area contributed by atoms with Crippen molar-refractivity contribution in [3.05, 3.63) is 70.2 Å². The number of morpholine rings is 1. The van der Waals surface area contributed by atoms with Crippen molar-refractivity contribution in [3.8, 4) is 27.6 Å². The van der Waals surface area contributed by atoms with Crippen LogP contribution in [0.15, 0.2) is 59.7 Å². The molecule has 2 aromatic carbocycles. The molecule has 0 spiro atoms. The van der Waals surface area contributed by atoms with Crippen LogP contribution in [0, 0.1) is 0 Å². The summed E-state index contributed by atoms with van der Waals surface area (Å²) in [6, 6.07) is 15.0. The number of rotatable bonds is 7. The summed E-state index contributed by atoms with van der Waals surface area (Å²) in [5.74, 6) is 1.21. The number of benzene rings is 2. The van der Waals surface area contributed by atoms with Crippen molar-refractivity contribution in [2.75, 3.05) is 46.6 Å². The van der Waals surface area contributed by atoms with Gasteiger partial charge in [0.25, 0.3) is 5.56 Å². The van der Waals surface area contributed by atoms with Crippen LogP contribution in [-0.4, -0.2) is 61.0 Å². The highest BCUT2D eigenvalue weighted by atomic mass is 35.5. The van der Waals surface area contributed by atoms with E-state index < -0.39 is 0 Å². The van der Waals surface area contributed by atoms with Crippen LogP contribution in [0.1, 0.15) is 0 Å². The van der Waals surface area contributed by atoms with Gasteiger partial charge in [-0.3, -0.25) is 14.3 Å². The van der Waals surface area contributed by atoms with E-state index in [1.165, 1.54) is 15.9 Å². The lowest BCUT2D eigenvalue weighted by Crippen LogP contribution is -2.38. The maximum absolute atomic E-state index is 13.3. The normalized spacial score (nSPS) is 14.4. The van der Waals surface area contributed by atoms with E-state index in [-0.39, 0.29) is 5.56 Å². The fraction of sp³-hybridized carbons (Fsp3) is 0.280. The van der Waals surface area contributed by atoms with Gasteiger partial charge in [0.2, 0.25) is 0 Å². The highest BCUT2D eigenvalue weighted by Gasteiger charge is 2.15. The van der Waals surface area contributed by atoms with Gasteiger partial charge in [0.1, 0.15) is 17.6 Å². The molecule has 4 aromatic rings. The number of aromatic nitrogens is 2. The van der Waals surface area contributed by atoms with Gasteiger partial charge in [0.05, 0.1) is 31.5 Å². The van der Waals surface area contributed by atoms with Crippen LogP contribution in [-0.2, 0) is 4.74 Å². The summed E-state index contributed by atoms with van der Waals surface area (Å²) >= 11 is 7.42. The Labute approximate surface area is 206 Å². The van der Waals surface area contributed by atoms with E-state index in [1.54, 1.807) is 19.5 Å². The Balaban J connectivity index is 1.38. The standard InChI is InChI=1S/C25H24ClN3O4S/c1-31-22-14-19(6-7-21(22)33-13-10-28-8-11-32-12-9-28)29-16-27-20-15-23(34-24(20)25(29)30)17-2-4-18(26)5-3-17/h2-7,14-16H,8-13H2,1H3. The minimum Gasteiger partial charge on any atom is -0.493 e. The van der Waals surface area contributed by atoms with Crippen LogP contribution in [0.25, 0.3) is 26.3 Å². The molecule has 0 amide bonds. The molecular weight excluding hydrogens is 474 g/mol. The van der Waals surface area contributed by atoms with Crippen LogP contribution in [0.4, 0.5) is 0 Å². The molecule has 1 aliphatic rings. The molecule has 7 nitrogen and oxygen atoms in total. The summed E-state index contributed by atoms with van der Waals surface area (Å²) in [5, 5.41) is 0.674. The number of fused-ring (bicyclic) bond motifs is 1. The maximum atomic E-state index is 13.3. The summed E-state index contributed by atoms with van der Waals surface area (Å²) in [5.41, 5.74) is 2.21. The smallest absolute Gasteiger partial charge is 0.275 e. The first-order chi connectivity index (χ1) is 16.6. The molecule has 0 N–H and O–H groups in total. The van der Waals surface area contributed by atoms with Crippen molar-refractivity contribution in [2.45, 2.75) is 0 Å². The van der Waals surface area contributed by atoms with E-state index in [0.717, 1.165) is 43.3 Å². The van der Waals surface area contributed by atoms with E-state index in [4.69, 9.17) is 25.8 Å². The van der Waals surface area contributed by atoms with E-state index in [0.29, 0.717) is 39.0 Å². The van der Waals surface area contributed by atoms with Gasteiger partial charge in [0.15, 0.2) is 11.5 Å². The van der Waals surface area contributed by atoms with Gasteiger partial charge in [-0.05, 0) is 35.9 Å². The second-order valence-corrected chi connectivity index (χ2v) is 9.38. The molecule has 0 unspecified atom stereocenters. The van der Waals surface area contributed by atoms with Crippen molar-refractivity contribution < 1.29 is 14.2 Å². The molecule has 0 radical (unpaired) electrons. The van der Waals surface area contributed by atoms with Gasteiger partial charge < -0.3 is 14.2 Å². The van der Waals surface area contributed by atoms with Crippen molar-refractivity contribution >= 4 is 33.2 Å². The number of hydrogen-bond acceptors (Lipinski definition) is 7. The zero-order valence-corrected chi connectivity index (χ0v) is 20.3. The summed E-state index contributed by atoms with van der Waals surface area (Å²) in [4.78, 5) is 21.1. The Morgan fingerprint density at radius 3 is 2.65 bits per heavy atom. The lowest BCUT2D eigenvalue weighted by atomic mass is 10.2. The third kappa shape index (κ3) is 4.81. The molecule has 0 bridgehead atoms. The van der Waals surface area contributed by atoms with Gasteiger partial charge in [-0.2, -0.15) is 0 Å². The number of halogens is 1. The van der Waals surface area contributed by atoms with E-state index >= 15 is 0 Å². The lowest BCUT2D eigenvalue weighted by molar-refractivity contribution is 0.0321. The SMILES string of the molecule is COc1cc(-n2cnc3cc(-c4ccc(Cl)cc4)sc3c2=O)ccc1OCCN1CCOCC1. The van der Waals surface area contributed by atoms with Crippen molar-refractivity contribution in [3.63, 3.8) is 0 Å². The van der Waals surface area contributed by atoms with E-state index in [9.17, 15) is 4.79 Å². The molecular formula is C25H24ClN3O4S. The van der Waals surface area contributed by atoms with Crippen LogP contribution >= 0.6 is 22.9 Å². The Hall–Kier alpha value is -2.91. The predicted octanol–water partition coefficient (Wildman–Crippen LogP) is 4.49. The molecule has 0 saturated carbocycles. The molecule has 5 rings (SSSR count). The Bertz CT molecular complexity index is 1350. The number of ether oxygens (including phenoxy) is 3. The van der Waals surface area contributed by atoms with Gasteiger partial charge in [-0.25, -0.2) is 4.98 Å². The molecule has 34 heavy (non-hydrogen) atoms. The molecule has 9 heteroatoms. The highest BCUT2D eigenvalue weighted by Crippen LogP contribution is 2.33. The third-order valence-electron chi connectivity index (χ3n) is 5.76. The van der Waals surface area contributed by atoms with E-state index in [1.807, 2.05) is 42.5 Å². The number of methoxy groups -OCH3 is 1. The second kappa shape index (κ2) is 10.1. The number of nitrogens with zero attached hydrogens (tertiary/aromatic N) is 3. The van der Waals surface area contributed by atoms with E-state index in [2.05, 4.69) is 9.88 Å². The topological polar surface area (TPSA) is 65.8 Å². The molecule has 1 fully saturated rings. The number of hydrogen-bond donors (Lipinski definition) is 0. The first-order valence-electron chi connectivity index (χ1n) is 11.0. The maximum Gasteiger partial charge on any atom is 0.275 e. The van der Waals surface area contributed by atoms with Crippen LogP contribution in [0.3, 0.4) is 0 Å². The number of thiophene rings is 1. The van der Waals surface area contributed by atoms with Gasteiger partial charge >= 0.3 is 0 Å². The highest BCUT2D eigenvalue weighted by molar-refractivity contribution is 7.22. The van der Waals surface area contributed by atoms with Crippen molar-refractivity contribution in [2.24, 2.45) is 0 Å². The fourth-order valence-corrected chi connectivity index (χ4v) is 5.06. The minimum atomic E-state index is -0.127. The fourth-order valence-electron chi connectivity index (χ4n) is 3.89. The molecule has 0 aliphatic carbocycles. The lowest BCUT2D eigenvalue weighted by Gasteiger charge is -2.26. The summed E-state index contributed by atoms with van der Waals surface area (Å²) in [6.45, 7) is 4.72. The average molecular weight is 498 g/mol. The van der Waals surface area contributed by atoms with Gasteiger partial charge in [-0.1, -0.05) is 23.7 Å². The summed E-state index contributed by atoms with van der Waals surface area (Å²) in [6.07, 6.45) is 1.55. The zero-order chi connectivity index (χ0) is 23.5. The zero-order valence-electron chi connectivity index (χ0n) is 18.7. The Morgan fingerprint density at radius 2 is 1.88 bits per heavy atom. The average Bonchev–Trinajstić information content (AvgIpc) is 3.31. The van der Waals surface area contributed by atoms with Crippen molar-refractivity contribution in [1.29, 1.82) is 0 Å². The first kappa shape index (κ1) is 22.9. The first-order valence-corrected chi connectivity index (χ1v) is 12.2. The summed E-state index contributed by atoms with van der Waals surface area (Å²) < 4.78 is 19.0. The molecule has 2 aromatic heterocycles. The molecule has 1 saturated heterocycles. The molecule has 0 atom stereocenters. The Morgan fingerprint density at radius 1 is 1.09 bits per heavy atom. The van der Waals surface area contributed by atoms with Crippen LogP contribution < -0.4 is 15.0 Å². The Kier molecular flexibility index (Phi) is 6.82. The summed E-state index contributed by atoms with van der Waals surface area (Å²) in [7, 11) is 1.59. The quantitative estimate of drug-likeness (QED) is 0.375. The molecule has 176 valence electrons. The molecule has 1 aliphatic heterocycles. The third-order valence-corrected chi connectivity index (χ3v) is 7.17. The van der Waals surface area contributed by atoms with Crippen LogP contribution in [0.2, 0.25) is 5.02 Å². The van der Waals surface area contributed by atoms with Crippen LogP contribution in [0.5, 0.6) is 11.5 Å². The predicted molar refractivity (Wildman–Crippen MR) is 135 cm³/mol. The van der Waals surface area contributed by atoms with Gasteiger partial charge in [-0.15, -0.1) is 11.3 Å².